The van der Waals surface area contributed by atoms with Gasteiger partial charge < -0.3 is 9.84 Å². The van der Waals surface area contributed by atoms with Gasteiger partial charge in [0.15, 0.2) is 5.25 Å². The number of hydrogen-bond donors (Lipinski definition) is 2. The van der Waals surface area contributed by atoms with Crippen molar-refractivity contribution in [3.05, 3.63) is 27.7 Å². The van der Waals surface area contributed by atoms with E-state index in [1.807, 2.05) is 0 Å². The Balaban J connectivity index is 3.20. The Morgan fingerprint density at radius 3 is 2.14 bits per heavy atom. The summed E-state index contributed by atoms with van der Waals surface area (Å²) in [5, 5.41) is 6.93. The number of methoxy groups -OCH3 is 1. The Morgan fingerprint density at radius 1 is 1.29 bits per heavy atom. The smallest absolute Gasteiger partial charge is 0.335 e. The van der Waals surface area contributed by atoms with E-state index < -0.39 is 27.2 Å². The molecule has 0 saturated heterocycles. The van der Waals surface area contributed by atoms with Gasteiger partial charge in [-0.2, -0.15) is 0 Å². The maximum Gasteiger partial charge on any atom is 0.335 e. The van der Waals surface area contributed by atoms with Gasteiger partial charge in [-0.1, -0.05) is 23.2 Å². The molecule has 0 aromatic heterocycles. The molecule has 1 unspecified atom stereocenters. The minimum absolute atomic E-state index is 0.200. The summed E-state index contributed by atoms with van der Waals surface area (Å²) in [5.74, 6) is -2.23. The molecular formula is C11H11Cl2NO6S. The number of esters is 1. The van der Waals surface area contributed by atoms with Gasteiger partial charge in [-0.15, -0.1) is 0 Å². The molecule has 0 aliphatic carbocycles. The van der Waals surface area contributed by atoms with Gasteiger partial charge in [0.1, 0.15) is 0 Å². The number of rotatable bonds is 5. The molecule has 0 heterocycles. The summed E-state index contributed by atoms with van der Waals surface area (Å²) >= 11 is 11.6. The molecule has 1 aromatic rings. The van der Waals surface area contributed by atoms with E-state index in [0.29, 0.717) is 0 Å². The van der Waals surface area contributed by atoms with E-state index in [1.165, 1.54) is 0 Å². The fourth-order valence-electron chi connectivity index (χ4n) is 1.32. The van der Waals surface area contributed by atoms with E-state index in [1.54, 1.807) is 0 Å². The minimum Gasteiger partial charge on any atom is -0.478 e. The van der Waals surface area contributed by atoms with Crippen LogP contribution in [0.15, 0.2) is 12.1 Å². The number of carbonyl (C=O) groups excluding carboxylic acids is 1. The van der Waals surface area contributed by atoms with E-state index >= 15 is 0 Å². The molecule has 2 N–H and O–H groups in total. The molecule has 0 aliphatic heterocycles. The highest BCUT2D eigenvalue weighted by Gasteiger charge is 2.30. The molecule has 0 bridgehead atoms. The molecule has 0 amide bonds. The van der Waals surface area contributed by atoms with E-state index in [4.69, 9.17) is 28.3 Å². The Morgan fingerprint density at radius 2 is 1.76 bits per heavy atom. The van der Waals surface area contributed by atoms with Crippen LogP contribution in [0, 0.1) is 0 Å². The monoisotopic (exact) mass is 355 g/mol. The van der Waals surface area contributed by atoms with Gasteiger partial charge in [0.2, 0.25) is 10.0 Å². The molecule has 7 nitrogen and oxygen atoms in total. The molecule has 1 rings (SSSR count). The average Bonchev–Trinajstić information content (AvgIpc) is 2.40. The first-order valence-electron chi connectivity index (χ1n) is 5.42. The predicted octanol–water partition coefficient (Wildman–Crippen LogP) is 1.99. The summed E-state index contributed by atoms with van der Waals surface area (Å²) in [4.78, 5) is 22.1. The normalized spacial score (nSPS) is 12.6. The average molecular weight is 356 g/mol. The largest absolute Gasteiger partial charge is 0.478 e. The Hall–Kier alpha value is -1.51. The molecular weight excluding hydrogens is 345 g/mol. The molecule has 0 radical (unpaired) electrons. The number of carbonyl (C=O) groups is 2. The lowest BCUT2D eigenvalue weighted by Gasteiger charge is -2.15. The van der Waals surface area contributed by atoms with Crippen molar-refractivity contribution < 1.29 is 27.9 Å². The molecule has 10 heteroatoms. The number of benzene rings is 1. The van der Waals surface area contributed by atoms with Crippen LogP contribution in [-0.2, 0) is 19.6 Å². The second-order valence-electron chi connectivity index (χ2n) is 3.93. The third-order valence-electron chi connectivity index (χ3n) is 2.53. The van der Waals surface area contributed by atoms with Crippen molar-refractivity contribution in [3.8, 4) is 0 Å². The fourth-order valence-corrected chi connectivity index (χ4v) is 3.04. The quantitative estimate of drug-likeness (QED) is 0.781. The zero-order valence-electron chi connectivity index (χ0n) is 10.9. The van der Waals surface area contributed by atoms with Crippen molar-refractivity contribution in [1.29, 1.82) is 0 Å². The SMILES string of the molecule is COC(=O)C(C)S(=O)(=O)Nc1c(Cl)cc(C(=O)O)cc1Cl. The number of ether oxygens (including phenoxy) is 1. The summed E-state index contributed by atoms with van der Waals surface area (Å²) in [6, 6.07) is 2.08. The molecule has 116 valence electrons. The summed E-state index contributed by atoms with van der Waals surface area (Å²) in [5.41, 5.74) is -0.409. The number of carboxylic acids is 1. The lowest BCUT2D eigenvalue weighted by molar-refractivity contribution is -0.139. The summed E-state index contributed by atoms with van der Waals surface area (Å²) < 4.78 is 30.4. The van der Waals surface area contributed by atoms with Crippen molar-refractivity contribution in [3.63, 3.8) is 0 Å². The van der Waals surface area contributed by atoms with Crippen LogP contribution < -0.4 is 4.72 Å². The van der Waals surface area contributed by atoms with Crippen LogP contribution in [0.3, 0.4) is 0 Å². The van der Waals surface area contributed by atoms with Crippen molar-refractivity contribution in [2.75, 3.05) is 11.8 Å². The highest BCUT2D eigenvalue weighted by molar-refractivity contribution is 7.94. The third-order valence-corrected chi connectivity index (χ3v) is 4.74. The predicted molar refractivity (Wildman–Crippen MR) is 77.4 cm³/mol. The van der Waals surface area contributed by atoms with Crippen LogP contribution in [0.4, 0.5) is 5.69 Å². The first-order valence-corrected chi connectivity index (χ1v) is 7.72. The number of anilines is 1. The lowest BCUT2D eigenvalue weighted by atomic mass is 10.2. The zero-order valence-corrected chi connectivity index (χ0v) is 13.2. The minimum atomic E-state index is -4.14. The molecule has 21 heavy (non-hydrogen) atoms. The zero-order chi connectivity index (χ0) is 16.4. The first-order chi connectivity index (χ1) is 9.60. The highest BCUT2D eigenvalue weighted by atomic mass is 35.5. The second-order valence-corrected chi connectivity index (χ2v) is 6.75. The lowest BCUT2D eigenvalue weighted by Crippen LogP contribution is -2.33. The second kappa shape index (κ2) is 6.50. The Bertz CT molecular complexity index is 665. The van der Waals surface area contributed by atoms with Gasteiger partial charge >= 0.3 is 11.9 Å². The van der Waals surface area contributed by atoms with E-state index in [0.717, 1.165) is 26.2 Å². The molecule has 0 spiro atoms. The van der Waals surface area contributed by atoms with Gasteiger partial charge in [0.25, 0.3) is 0 Å². The third kappa shape index (κ3) is 3.99. The van der Waals surface area contributed by atoms with Crippen LogP contribution in [0.2, 0.25) is 10.0 Å². The van der Waals surface area contributed by atoms with Crippen LogP contribution in [0.1, 0.15) is 17.3 Å². The number of halogens is 2. The van der Waals surface area contributed by atoms with Gasteiger partial charge in [0, 0.05) is 0 Å². The number of hydrogen-bond acceptors (Lipinski definition) is 5. The van der Waals surface area contributed by atoms with Gasteiger partial charge in [-0.25, -0.2) is 13.2 Å². The van der Waals surface area contributed by atoms with Gasteiger partial charge in [-0.3, -0.25) is 9.52 Å². The van der Waals surface area contributed by atoms with Crippen molar-refractivity contribution in [1.82, 2.24) is 0 Å². The fraction of sp³-hybridized carbons (Fsp3) is 0.273. The standard InChI is InChI=1S/C11H11Cl2NO6S/c1-5(11(17)20-2)21(18,19)14-9-7(12)3-6(10(15)16)4-8(9)13/h3-5,14H,1-2H3,(H,15,16). The number of sulfonamides is 1. The van der Waals surface area contributed by atoms with Gasteiger partial charge in [-0.05, 0) is 19.1 Å². The van der Waals surface area contributed by atoms with E-state index in [9.17, 15) is 18.0 Å². The summed E-state index contributed by atoms with van der Waals surface area (Å²) in [7, 11) is -3.09. The van der Waals surface area contributed by atoms with E-state index in [2.05, 4.69) is 9.46 Å². The van der Waals surface area contributed by atoms with Crippen molar-refractivity contribution in [2.24, 2.45) is 0 Å². The Kier molecular flexibility index (Phi) is 5.43. The number of aromatic carboxylic acids is 1. The Labute approximate surface area is 130 Å². The summed E-state index contributed by atoms with van der Waals surface area (Å²) in [6.07, 6.45) is 0. The van der Waals surface area contributed by atoms with Crippen LogP contribution >= 0.6 is 23.2 Å². The topological polar surface area (TPSA) is 110 Å². The molecule has 0 fully saturated rings. The van der Waals surface area contributed by atoms with Crippen LogP contribution in [0.5, 0.6) is 0 Å². The van der Waals surface area contributed by atoms with E-state index in [-0.39, 0.29) is 21.3 Å². The van der Waals surface area contributed by atoms with Gasteiger partial charge in [0.05, 0.1) is 28.4 Å². The molecule has 0 aliphatic rings. The number of carboxylic acid groups (broad SMARTS) is 1. The van der Waals surface area contributed by atoms with Crippen LogP contribution in [0.25, 0.3) is 0 Å². The number of nitrogens with one attached hydrogen (secondary N) is 1. The molecule has 0 saturated carbocycles. The molecule has 1 aromatic carbocycles. The van der Waals surface area contributed by atoms with Crippen molar-refractivity contribution >= 4 is 50.9 Å². The maximum atomic E-state index is 12.0. The molecule has 1 atom stereocenters. The maximum absolute atomic E-state index is 12.0. The highest BCUT2D eigenvalue weighted by Crippen LogP contribution is 2.33. The van der Waals surface area contributed by atoms with Crippen molar-refractivity contribution in [2.45, 2.75) is 12.2 Å². The summed E-state index contributed by atoms with van der Waals surface area (Å²) in [6.45, 7) is 1.13. The van der Waals surface area contributed by atoms with Crippen LogP contribution in [-0.4, -0.2) is 37.8 Å². The first kappa shape index (κ1) is 17.5.